The first-order valence-electron chi connectivity index (χ1n) is 13.8. The van der Waals surface area contributed by atoms with Crippen LogP contribution in [0.2, 0.25) is 0 Å². The Labute approximate surface area is 238 Å². The van der Waals surface area contributed by atoms with Crippen molar-refractivity contribution in [1.29, 1.82) is 0 Å². The molecule has 0 radical (unpaired) electrons. The number of anilines is 1. The minimum Gasteiger partial charge on any atom is -0.497 e. The monoisotopic (exact) mass is 558 g/mol. The molecule has 1 N–H and O–H groups in total. The minimum absolute atomic E-state index is 0.0107. The maximum absolute atomic E-state index is 12.7. The first-order chi connectivity index (χ1) is 19.8. The molecule has 4 aromatic rings. The third-order valence-electron chi connectivity index (χ3n) is 6.94. The lowest BCUT2D eigenvalue weighted by molar-refractivity contribution is 0.0206. The highest BCUT2D eigenvalue weighted by molar-refractivity contribution is 5.84. The molecule has 2 aliphatic rings. The molecule has 1 unspecified atom stereocenters. The smallest absolute Gasteiger partial charge is 0.410 e. The number of ether oxygens (including phenoxy) is 4. The van der Waals surface area contributed by atoms with Crippen molar-refractivity contribution >= 4 is 23.1 Å². The Morgan fingerprint density at radius 1 is 1.05 bits per heavy atom. The number of imidazole rings is 1. The van der Waals surface area contributed by atoms with Gasteiger partial charge < -0.3 is 29.2 Å². The summed E-state index contributed by atoms with van der Waals surface area (Å²) in [5.41, 5.74) is 1.95. The van der Waals surface area contributed by atoms with E-state index in [2.05, 4.69) is 10.3 Å². The van der Waals surface area contributed by atoms with Crippen molar-refractivity contribution in [2.24, 2.45) is 0 Å². The standard InChI is InChI=1S/C30H34N6O5/c1-30(2,3)41-29(37)35-13-5-6-20(18-35)32-28-31-12-11-26(34-28)36-23-17-21(38-4)8-9-22(23)33-27(36)19-7-10-24-25(16-19)40-15-14-39-24/h7-12,16-17,20H,5-6,13-15,18H2,1-4H3,(H,31,32,34). The summed E-state index contributed by atoms with van der Waals surface area (Å²) in [6.45, 7) is 7.82. The van der Waals surface area contributed by atoms with Gasteiger partial charge in [-0.3, -0.25) is 4.57 Å². The van der Waals surface area contributed by atoms with Gasteiger partial charge in [-0.15, -0.1) is 0 Å². The molecule has 0 aliphatic carbocycles. The molecule has 1 saturated heterocycles. The average molecular weight is 559 g/mol. The number of methoxy groups -OCH3 is 1. The number of fused-ring (bicyclic) bond motifs is 2. The lowest BCUT2D eigenvalue weighted by Gasteiger charge is -2.34. The Kier molecular flexibility index (Phi) is 7.02. The second kappa shape index (κ2) is 10.8. The molecule has 0 saturated carbocycles. The number of hydrogen-bond donors (Lipinski definition) is 1. The van der Waals surface area contributed by atoms with Crippen LogP contribution in [0, 0.1) is 0 Å². The van der Waals surface area contributed by atoms with E-state index >= 15 is 0 Å². The van der Waals surface area contributed by atoms with Crippen molar-refractivity contribution in [3.8, 4) is 34.5 Å². The van der Waals surface area contributed by atoms with E-state index in [0.29, 0.717) is 61.1 Å². The molecule has 2 aromatic carbocycles. The highest BCUT2D eigenvalue weighted by Gasteiger charge is 2.28. The summed E-state index contributed by atoms with van der Waals surface area (Å²) in [7, 11) is 1.64. The van der Waals surface area contributed by atoms with Gasteiger partial charge in [-0.05, 0) is 70.0 Å². The number of nitrogens with zero attached hydrogens (tertiary/aromatic N) is 5. The minimum atomic E-state index is -0.542. The largest absolute Gasteiger partial charge is 0.497 e. The van der Waals surface area contributed by atoms with E-state index in [1.165, 1.54) is 0 Å². The van der Waals surface area contributed by atoms with Crippen LogP contribution in [-0.2, 0) is 4.74 Å². The van der Waals surface area contributed by atoms with Crippen LogP contribution < -0.4 is 19.5 Å². The number of likely N-dealkylation sites (tertiary alicyclic amines) is 1. The SMILES string of the molecule is COc1ccc2nc(-c3ccc4c(c3)OCCO4)n(-c3ccnc(NC4CCCN(C(=O)OC(C)(C)C)C4)n3)c2c1. The van der Waals surface area contributed by atoms with Gasteiger partial charge in [0.2, 0.25) is 5.95 Å². The van der Waals surface area contributed by atoms with Crippen LogP contribution in [0.25, 0.3) is 28.2 Å². The van der Waals surface area contributed by atoms with Gasteiger partial charge in [0.05, 0.1) is 18.1 Å². The van der Waals surface area contributed by atoms with Crippen molar-refractivity contribution in [3.63, 3.8) is 0 Å². The highest BCUT2D eigenvalue weighted by atomic mass is 16.6. The quantitative estimate of drug-likeness (QED) is 0.359. The van der Waals surface area contributed by atoms with Gasteiger partial charge in [-0.1, -0.05) is 0 Å². The zero-order valence-corrected chi connectivity index (χ0v) is 23.7. The summed E-state index contributed by atoms with van der Waals surface area (Å²) >= 11 is 0. The van der Waals surface area contributed by atoms with Gasteiger partial charge in [-0.25, -0.2) is 14.8 Å². The summed E-state index contributed by atoms with van der Waals surface area (Å²) in [5.74, 6) is 3.92. The molecule has 2 aromatic heterocycles. The lowest BCUT2D eigenvalue weighted by Crippen LogP contribution is -2.47. The molecule has 11 nitrogen and oxygen atoms in total. The van der Waals surface area contributed by atoms with Crippen LogP contribution in [-0.4, -0.2) is 75.6 Å². The normalized spacial score (nSPS) is 16.9. The summed E-state index contributed by atoms with van der Waals surface area (Å²) in [4.78, 5) is 28.8. The van der Waals surface area contributed by atoms with Crippen molar-refractivity contribution < 1.29 is 23.7 Å². The third-order valence-corrected chi connectivity index (χ3v) is 6.94. The molecule has 6 rings (SSSR count). The summed E-state index contributed by atoms with van der Waals surface area (Å²) in [6, 6.07) is 13.4. The number of rotatable bonds is 5. The van der Waals surface area contributed by atoms with E-state index in [4.69, 9.17) is 28.9 Å². The number of benzene rings is 2. The first kappa shape index (κ1) is 26.7. The highest BCUT2D eigenvalue weighted by Crippen LogP contribution is 2.37. The molecule has 1 fully saturated rings. The molecule has 0 bridgehead atoms. The van der Waals surface area contributed by atoms with Crippen LogP contribution in [0.1, 0.15) is 33.6 Å². The molecule has 1 amide bonds. The van der Waals surface area contributed by atoms with E-state index in [-0.39, 0.29) is 12.1 Å². The number of carbonyl (C=O) groups is 1. The number of nitrogens with one attached hydrogen (secondary N) is 1. The Bertz CT molecular complexity index is 1580. The molecule has 4 heterocycles. The van der Waals surface area contributed by atoms with Crippen LogP contribution in [0.5, 0.6) is 17.2 Å². The summed E-state index contributed by atoms with van der Waals surface area (Å²) < 4.78 is 24.7. The maximum Gasteiger partial charge on any atom is 0.410 e. The van der Waals surface area contributed by atoms with Crippen LogP contribution in [0.15, 0.2) is 48.7 Å². The third kappa shape index (κ3) is 5.70. The Morgan fingerprint density at radius 2 is 1.88 bits per heavy atom. The van der Waals surface area contributed by atoms with Crippen molar-refractivity contribution in [3.05, 3.63) is 48.7 Å². The molecule has 214 valence electrons. The molecule has 1 atom stereocenters. The maximum atomic E-state index is 12.7. The van der Waals surface area contributed by atoms with Gasteiger partial charge in [0.1, 0.15) is 36.2 Å². The molecular weight excluding hydrogens is 524 g/mol. The van der Waals surface area contributed by atoms with Crippen molar-refractivity contribution in [2.75, 3.05) is 38.7 Å². The average Bonchev–Trinajstić information content (AvgIpc) is 3.35. The van der Waals surface area contributed by atoms with E-state index in [1.54, 1.807) is 18.2 Å². The van der Waals surface area contributed by atoms with Gasteiger partial charge in [0.15, 0.2) is 11.5 Å². The van der Waals surface area contributed by atoms with E-state index in [0.717, 1.165) is 29.4 Å². The second-order valence-corrected chi connectivity index (χ2v) is 11.1. The van der Waals surface area contributed by atoms with Crippen molar-refractivity contribution in [1.82, 2.24) is 24.4 Å². The Balaban J connectivity index is 1.33. The number of hydrogen-bond acceptors (Lipinski definition) is 9. The fraction of sp³-hybridized carbons (Fsp3) is 0.400. The zero-order valence-electron chi connectivity index (χ0n) is 23.7. The number of piperidine rings is 1. The lowest BCUT2D eigenvalue weighted by atomic mass is 10.1. The molecular formula is C30H34N6O5. The molecule has 2 aliphatic heterocycles. The molecule has 0 spiro atoms. The number of aromatic nitrogens is 4. The Hall–Kier alpha value is -4.54. The van der Waals surface area contributed by atoms with Crippen LogP contribution in [0.3, 0.4) is 0 Å². The summed E-state index contributed by atoms with van der Waals surface area (Å²) in [5, 5.41) is 3.44. The number of amides is 1. The Morgan fingerprint density at radius 3 is 2.68 bits per heavy atom. The van der Waals surface area contributed by atoms with Gasteiger partial charge in [0, 0.05) is 37.0 Å². The predicted octanol–water partition coefficient (Wildman–Crippen LogP) is 5.07. The fourth-order valence-electron chi connectivity index (χ4n) is 5.10. The zero-order chi connectivity index (χ0) is 28.6. The first-order valence-corrected chi connectivity index (χ1v) is 13.8. The predicted molar refractivity (Wildman–Crippen MR) is 154 cm³/mol. The molecule has 11 heteroatoms. The fourth-order valence-corrected chi connectivity index (χ4v) is 5.10. The van der Waals surface area contributed by atoms with Crippen molar-refractivity contribution in [2.45, 2.75) is 45.3 Å². The van der Waals surface area contributed by atoms with E-state index in [1.807, 2.05) is 67.8 Å². The van der Waals surface area contributed by atoms with Crippen LogP contribution in [0.4, 0.5) is 10.7 Å². The van der Waals surface area contributed by atoms with Gasteiger partial charge >= 0.3 is 6.09 Å². The van der Waals surface area contributed by atoms with E-state index < -0.39 is 5.60 Å². The number of carbonyl (C=O) groups excluding carboxylic acids is 1. The van der Waals surface area contributed by atoms with Crippen LogP contribution >= 0.6 is 0 Å². The summed E-state index contributed by atoms with van der Waals surface area (Å²) in [6.07, 6.45) is 3.16. The topological polar surface area (TPSA) is 113 Å². The second-order valence-electron chi connectivity index (χ2n) is 11.1. The van der Waals surface area contributed by atoms with Gasteiger partial charge in [-0.2, -0.15) is 4.98 Å². The van der Waals surface area contributed by atoms with E-state index in [9.17, 15) is 4.79 Å². The van der Waals surface area contributed by atoms with Gasteiger partial charge in [0.25, 0.3) is 0 Å². The molecule has 41 heavy (non-hydrogen) atoms.